The van der Waals surface area contributed by atoms with E-state index in [-0.39, 0.29) is 11.7 Å². The molecular formula is C25H34FN5O. The zero-order valence-electron chi connectivity index (χ0n) is 20.4. The Morgan fingerprint density at radius 1 is 0.938 bits per heavy atom. The van der Waals surface area contributed by atoms with Crippen LogP contribution in [0.5, 0.6) is 5.75 Å². The molecule has 0 amide bonds. The predicted octanol–water partition coefficient (Wildman–Crippen LogP) is 6.16. The van der Waals surface area contributed by atoms with Crippen LogP contribution in [0.4, 0.5) is 4.39 Å². The second-order valence-corrected chi connectivity index (χ2v) is 8.57. The van der Waals surface area contributed by atoms with Crippen molar-refractivity contribution in [2.45, 2.75) is 73.1 Å². The molecule has 0 aliphatic rings. The highest BCUT2D eigenvalue weighted by Crippen LogP contribution is 2.32. The molecule has 4 aromatic heterocycles. The van der Waals surface area contributed by atoms with Crippen LogP contribution in [0.2, 0.25) is 0 Å². The minimum absolute atomic E-state index is 0.256. The summed E-state index contributed by atoms with van der Waals surface area (Å²) in [6.07, 6.45) is 7.77. The molecule has 0 aliphatic carbocycles. The van der Waals surface area contributed by atoms with E-state index in [2.05, 4.69) is 55.8 Å². The Hall–Kier alpha value is -2.96. The first kappa shape index (κ1) is 23.7. The van der Waals surface area contributed by atoms with Crippen molar-refractivity contribution in [2.75, 3.05) is 7.11 Å². The molecule has 0 saturated heterocycles. The molecule has 7 heteroatoms. The third-order valence-corrected chi connectivity index (χ3v) is 6.00. The van der Waals surface area contributed by atoms with E-state index in [0.29, 0.717) is 17.3 Å². The van der Waals surface area contributed by atoms with Gasteiger partial charge < -0.3 is 9.14 Å². The van der Waals surface area contributed by atoms with Crippen LogP contribution in [0.3, 0.4) is 0 Å². The molecule has 4 aromatic rings. The Balaban J connectivity index is 0.000000182. The number of hydrogen-bond donors (Lipinski definition) is 0. The number of rotatable bonds is 5. The number of pyridine rings is 1. The first-order valence-corrected chi connectivity index (χ1v) is 11.2. The van der Waals surface area contributed by atoms with Crippen molar-refractivity contribution in [3.05, 3.63) is 58.7 Å². The molecule has 0 spiro atoms. The Bertz CT molecular complexity index is 1230. The van der Waals surface area contributed by atoms with Crippen LogP contribution >= 0.6 is 0 Å². The highest BCUT2D eigenvalue weighted by atomic mass is 19.1. The fourth-order valence-electron chi connectivity index (χ4n) is 3.71. The Labute approximate surface area is 189 Å². The number of aromatic nitrogens is 5. The van der Waals surface area contributed by atoms with Crippen molar-refractivity contribution in [3.63, 3.8) is 0 Å². The van der Waals surface area contributed by atoms with Gasteiger partial charge in [-0.15, -0.1) is 0 Å². The molecule has 0 fully saturated rings. The van der Waals surface area contributed by atoms with Gasteiger partial charge in [0.25, 0.3) is 0 Å². The van der Waals surface area contributed by atoms with Gasteiger partial charge in [0.1, 0.15) is 0 Å². The summed E-state index contributed by atoms with van der Waals surface area (Å²) in [4.78, 5) is 8.59. The molecule has 172 valence electrons. The number of nitrogens with zero attached hydrogens (tertiary/aromatic N) is 5. The minimum atomic E-state index is -0.376. The SMILES string of the molecule is CCC(C)c1cc(C)c2nc(C)cn2n1.CCC(C)c1cn2cc(C)nc2c(F)c1OC. The van der Waals surface area contributed by atoms with Gasteiger partial charge in [-0.1, -0.05) is 27.7 Å². The summed E-state index contributed by atoms with van der Waals surface area (Å²) in [5.41, 5.74) is 6.36. The van der Waals surface area contributed by atoms with Crippen LogP contribution in [0, 0.1) is 26.6 Å². The first-order chi connectivity index (χ1) is 15.2. The van der Waals surface area contributed by atoms with Gasteiger partial charge in [-0.2, -0.15) is 9.49 Å². The molecule has 0 saturated carbocycles. The van der Waals surface area contributed by atoms with E-state index in [0.717, 1.165) is 41.1 Å². The van der Waals surface area contributed by atoms with Crippen molar-refractivity contribution < 1.29 is 9.13 Å². The van der Waals surface area contributed by atoms with E-state index >= 15 is 0 Å². The van der Waals surface area contributed by atoms with Gasteiger partial charge in [-0.3, -0.25) is 0 Å². The molecule has 2 unspecified atom stereocenters. The van der Waals surface area contributed by atoms with Gasteiger partial charge >= 0.3 is 0 Å². The van der Waals surface area contributed by atoms with Crippen LogP contribution < -0.4 is 4.74 Å². The number of aryl methyl sites for hydroxylation is 3. The van der Waals surface area contributed by atoms with E-state index in [1.165, 1.54) is 12.7 Å². The zero-order chi connectivity index (χ0) is 23.6. The monoisotopic (exact) mass is 439 g/mol. The maximum atomic E-state index is 14.2. The Morgan fingerprint density at radius 3 is 2.19 bits per heavy atom. The summed E-state index contributed by atoms with van der Waals surface area (Å²) in [6.45, 7) is 14.5. The summed E-state index contributed by atoms with van der Waals surface area (Å²) in [7, 11) is 1.50. The van der Waals surface area contributed by atoms with Crippen LogP contribution in [0.25, 0.3) is 11.3 Å². The second kappa shape index (κ2) is 9.67. The van der Waals surface area contributed by atoms with E-state index in [1.54, 1.807) is 4.40 Å². The zero-order valence-corrected chi connectivity index (χ0v) is 20.4. The number of imidazole rings is 2. The molecule has 2 atom stereocenters. The summed E-state index contributed by atoms with van der Waals surface area (Å²) < 4.78 is 23.0. The molecule has 0 radical (unpaired) electrons. The van der Waals surface area contributed by atoms with Crippen LogP contribution in [-0.2, 0) is 0 Å². The lowest BCUT2D eigenvalue weighted by molar-refractivity contribution is 0.378. The summed E-state index contributed by atoms with van der Waals surface area (Å²) in [5.74, 6) is 0.707. The van der Waals surface area contributed by atoms with Gasteiger partial charge in [0, 0.05) is 18.0 Å². The van der Waals surface area contributed by atoms with Crippen molar-refractivity contribution in [3.8, 4) is 5.75 Å². The molecular weight excluding hydrogens is 405 g/mol. The maximum Gasteiger partial charge on any atom is 0.208 e. The van der Waals surface area contributed by atoms with Gasteiger partial charge in [-0.05, 0) is 57.1 Å². The number of hydrogen-bond acceptors (Lipinski definition) is 4. The topological polar surface area (TPSA) is 56.7 Å². The lowest BCUT2D eigenvalue weighted by atomic mass is 9.99. The molecule has 0 N–H and O–H groups in total. The molecule has 0 bridgehead atoms. The number of ether oxygens (including phenoxy) is 1. The summed E-state index contributed by atoms with van der Waals surface area (Å²) >= 11 is 0. The van der Waals surface area contributed by atoms with Crippen LogP contribution in [0.1, 0.15) is 80.6 Å². The van der Waals surface area contributed by atoms with E-state index in [4.69, 9.17) is 4.74 Å². The average molecular weight is 440 g/mol. The van der Waals surface area contributed by atoms with E-state index in [9.17, 15) is 4.39 Å². The number of halogens is 1. The Kier molecular flexibility index (Phi) is 7.16. The van der Waals surface area contributed by atoms with Crippen molar-refractivity contribution in [1.29, 1.82) is 0 Å². The summed E-state index contributed by atoms with van der Waals surface area (Å²) in [5, 5.41) is 4.58. The Morgan fingerprint density at radius 2 is 1.56 bits per heavy atom. The second-order valence-electron chi connectivity index (χ2n) is 8.57. The average Bonchev–Trinajstić information content (AvgIpc) is 3.34. The standard InChI is InChI=1S/C13H17FN2O.C12H17N3/c1-5-8(2)10-7-16-6-9(3)15-13(16)11(14)12(10)17-4;1-5-8(2)11-6-9(3)12-13-10(4)7-15(12)14-11/h6-8H,5H2,1-4H3;6-8H,5H2,1-4H3. The fourth-order valence-corrected chi connectivity index (χ4v) is 3.71. The van der Waals surface area contributed by atoms with Gasteiger partial charge in [-0.25, -0.2) is 14.5 Å². The third-order valence-electron chi connectivity index (χ3n) is 6.00. The highest BCUT2D eigenvalue weighted by molar-refractivity contribution is 5.52. The largest absolute Gasteiger partial charge is 0.493 e. The maximum absolute atomic E-state index is 14.2. The van der Waals surface area contributed by atoms with Crippen molar-refractivity contribution in [2.24, 2.45) is 0 Å². The van der Waals surface area contributed by atoms with Gasteiger partial charge in [0.2, 0.25) is 5.82 Å². The quantitative estimate of drug-likeness (QED) is 0.373. The molecule has 4 rings (SSSR count). The fraction of sp³-hybridized carbons (Fsp3) is 0.480. The first-order valence-electron chi connectivity index (χ1n) is 11.2. The lowest BCUT2D eigenvalue weighted by Gasteiger charge is -2.15. The van der Waals surface area contributed by atoms with Crippen LogP contribution in [0.15, 0.2) is 24.7 Å². The van der Waals surface area contributed by atoms with Crippen molar-refractivity contribution in [1.82, 2.24) is 24.0 Å². The van der Waals surface area contributed by atoms with E-state index in [1.807, 2.05) is 37.0 Å². The summed E-state index contributed by atoms with van der Waals surface area (Å²) in [6, 6.07) is 2.15. The van der Waals surface area contributed by atoms with Gasteiger partial charge in [0.15, 0.2) is 17.0 Å². The molecule has 0 aliphatic heterocycles. The predicted molar refractivity (Wildman–Crippen MR) is 126 cm³/mol. The molecule has 4 heterocycles. The smallest absolute Gasteiger partial charge is 0.208 e. The normalized spacial score (nSPS) is 13.2. The van der Waals surface area contributed by atoms with E-state index < -0.39 is 0 Å². The van der Waals surface area contributed by atoms with Gasteiger partial charge in [0.05, 0.1) is 30.4 Å². The lowest BCUT2D eigenvalue weighted by Crippen LogP contribution is -2.03. The molecule has 32 heavy (non-hydrogen) atoms. The van der Waals surface area contributed by atoms with Crippen LogP contribution in [-0.4, -0.2) is 31.1 Å². The highest BCUT2D eigenvalue weighted by Gasteiger charge is 2.19. The molecule has 0 aromatic carbocycles. The number of methoxy groups -OCH3 is 1. The number of fused-ring (bicyclic) bond motifs is 2. The van der Waals surface area contributed by atoms with Crippen molar-refractivity contribution >= 4 is 11.3 Å². The minimum Gasteiger partial charge on any atom is -0.493 e. The third kappa shape index (κ3) is 4.61. The molecule has 6 nitrogen and oxygen atoms in total.